The minimum Gasteiger partial charge on any atom is -0.323 e. The molecule has 1 atom stereocenters. The van der Waals surface area contributed by atoms with E-state index >= 15 is 0 Å². The highest BCUT2D eigenvalue weighted by molar-refractivity contribution is 7.16. The molecule has 1 unspecified atom stereocenters. The van der Waals surface area contributed by atoms with E-state index in [0.717, 1.165) is 34.4 Å². The highest BCUT2D eigenvalue weighted by Gasteiger charge is 2.52. The Morgan fingerprint density at radius 1 is 1.12 bits per heavy atom. The van der Waals surface area contributed by atoms with E-state index in [4.69, 9.17) is 0 Å². The van der Waals surface area contributed by atoms with E-state index in [2.05, 4.69) is 18.3 Å². The van der Waals surface area contributed by atoms with Crippen molar-refractivity contribution in [1.82, 2.24) is 4.90 Å². The van der Waals surface area contributed by atoms with Gasteiger partial charge in [0.2, 0.25) is 0 Å². The molecule has 1 N–H and O–H groups in total. The van der Waals surface area contributed by atoms with E-state index in [-0.39, 0.29) is 11.8 Å². The van der Waals surface area contributed by atoms with Crippen molar-refractivity contribution in [3.05, 3.63) is 76.2 Å². The molecule has 1 aromatic heterocycles. The van der Waals surface area contributed by atoms with Gasteiger partial charge in [0.05, 0.1) is 17.2 Å². The Morgan fingerprint density at radius 3 is 2.66 bits per heavy atom. The Morgan fingerprint density at radius 2 is 1.91 bits per heavy atom. The van der Waals surface area contributed by atoms with Crippen molar-refractivity contribution in [2.45, 2.75) is 38.1 Å². The fourth-order valence-electron chi connectivity index (χ4n) is 4.88. The average Bonchev–Trinajstić information content (AvgIpc) is 3.42. The van der Waals surface area contributed by atoms with Crippen molar-refractivity contribution in [2.75, 3.05) is 11.9 Å². The number of aryl methyl sites for hydroxylation is 1. The summed E-state index contributed by atoms with van der Waals surface area (Å²) in [5, 5.41) is 13.1. The highest BCUT2D eigenvalue weighted by atomic mass is 32.1. The maximum atomic E-state index is 13.5. The second kappa shape index (κ2) is 7.92. The summed E-state index contributed by atoms with van der Waals surface area (Å²) >= 11 is 1.50. The Labute approximate surface area is 191 Å². The summed E-state index contributed by atoms with van der Waals surface area (Å²) in [6, 6.07) is 19.7. The summed E-state index contributed by atoms with van der Waals surface area (Å²) in [6.45, 7) is 2.65. The van der Waals surface area contributed by atoms with E-state index in [1.54, 1.807) is 4.90 Å². The summed E-state index contributed by atoms with van der Waals surface area (Å²) in [5.41, 5.74) is 3.23. The normalized spacial score (nSPS) is 19.7. The van der Waals surface area contributed by atoms with Crippen molar-refractivity contribution in [3.8, 4) is 17.2 Å². The number of rotatable bonds is 4. The third-order valence-electron chi connectivity index (χ3n) is 6.55. The van der Waals surface area contributed by atoms with Crippen molar-refractivity contribution >= 4 is 28.2 Å². The van der Waals surface area contributed by atoms with Gasteiger partial charge < -0.3 is 10.2 Å². The van der Waals surface area contributed by atoms with E-state index in [9.17, 15) is 14.9 Å². The predicted molar refractivity (Wildman–Crippen MR) is 126 cm³/mol. The van der Waals surface area contributed by atoms with E-state index in [1.165, 1.54) is 11.3 Å². The molecule has 2 aliphatic rings. The van der Waals surface area contributed by atoms with Gasteiger partial charge in [-0.05, 0) is 48.1 Å². The van der Waals surface area contributed by atoms with E-state index < -0.39 is 5.54 Å². The SMILES string of the molecule is CCc1cc2c(s1)NC(=O)C1(Cc3ccc(-c4ccccc4C#N)cc3)CCCN1C2=O. The van der Waals surface area contributed by atoms with Crippen molar-refractivity contribution in [2.24, 2.45) is 0 Å². The van der Waals surface area contributed by atoms with Gasteiger partial charge in [0.15, 0.2) is 0 Å². The number of nitrogens with zero attached hydrogens (tertiary/aromatic N) is 2. The van der Waals surface area contributed by atoms with Crippen LogP contribution < -0.4 is 5.32 Å². The minimum atomic E-state index is -0.867. The van der Waals surface area contributed by atoms with Gasteiger partial charge in [-0.1, -0.05) is 49.4 Å². The highest BCUT2D eigenvalue weighted by Crippen LogP contribution is 2.41. The molecule has 32 heavy (non-hydrogen) atoms. The molecule has 3 heterocycles. The maximum Gasteiger partial charge on any atom is 0.257 e. The van der Waals surface area contributed by atoms with Crippen LogP contribution in [0.4, 0.5) is 5.00 Å². The number of carbonyl (C=O) groups is 2. The number of nitriles is 1. The van der Waals surface area contributed by atoms with Crippen LogP contribution in [0.2, 0.25) is 0 Å². The number of carbonyl (C=O) groups excluding carboxylic acids is 2. The molecule has 2 aliphatic heterocycles. The molecule has 1 saturated heterocycles. The zero-order valence-corrected chi connectivity index (χ0v) is 18.7. The molecule has 6 heteroatoms. The molecule has 0 radical (unpaired) electrons. The number of benzene rings is 2. The first-order valence-electron chi connectivity index (χ1n) is 10.9. The third kappa shape index (κ3) is 3.21. The lowest BCUT2D eigenvalue weighted by Crippen LogP contribution is -2.55. The largest absolute Gasteiger partial charge is 0.323 e. The molecule has 0 bridgehead atoms. The van der Waals surface area contributed by atoms with E-state index in [1.807, 2.05) is 54.6 Å². The van der Waals surface area contributed by atoms with Gasteiger partial charge in [-0.15, -0.1) is 11.3 Å². The van der Waals surface area contributed by atoms with Gasteiger partial charge in [0.1, 0.15) is 10.5 Å². The van der Waals surface area contributed by atoms with Crippen LogP contribution in [0.25, 0.3) is 11.1 Å². The number of hydrogen-bond acceptors (Lipinski definition) is 4. The second-order valence-electron chi connectivity index (χ2n) is 8.39. The van der Waals surface area contributed by atoms with Crippen LogP contribution in [0, 0.1) is 11.3 Å². The second-order valence-corrected chi connectivity index (χ2v) is 9.52. The Hall–Kier alpha value is -3.43. The quantitative estimate of drug-likeness (QED) is 0.618. The van der Waals surface area contributed by atoms with Gasteiger partial charge in [0, 0.05) is 17.8 Å². The topological polar surface area (TPSA) is 73.2 Å². The predicted octanol–water partition coefficient (Wildman–Crippen LogP) is 5.02. The van der Waals surface area contributed by atoms with E-state index in [0.29, 0.717) is 35.5 Å². The number of hydrogen-bond donors (Lipinski definition) is 1. The molecule has 5 rings (SSSR count). The zero-order valence-electron chi connectivity index (χ0n) is 17.9. The van der Waals surface area contributed by atoms with Gasteiger partial charge in [-0.25, -0.2) is 0 Å². The molecular formula is C26H23N3O2S. The number of amides is 2. The van der Waals surface area contributed by atoms with Gasteiger partial charge >= 0.3 is 0 Å². The standard InChI is InChI=1S/C26H23N3O2S/c1-2-20-14-22-23(32-20)28-25(31)26(12-5-13-29(26)24(22)30)15-17-8-10-18(11-9-17)21-7-4-3-6-19(21)16-27/h3-4,6-11,14H,2,5,12-13,15H2,1H3,(H,28,31). The van der Waals surface area contributed by atoms with Crippen LogP contribution in [0.3, 0.4) is 0 Å². The Bertz CT molecular complexity index is 1250. The minimum absolute atomic E-state index is 0.0497. The maximum absolute atomic E-state index is 13.5. The summed E-state index contributed by atoms with van der Waals surface area (Å²) in [5.74, 6) is -0.142. The first-order chi connectivity index (χ1) is 15.6. The third-order valence-corrected chi connectivity index (χ3v) is 7.75. The molecule has 160 valence electrons. The molecule has 1 fully saturated rings. The van der Waals surface area contributed by atoms with Crippen LogP contribution in [0.5, 0.6) is 0 Å². The zero-order chi connectivity index (χ0) is 22.3. The Kier molecular flexibility index (Phi) is 5.07. The first-order valence-corrected chi connectivity index (χ1v) is 11.7. The number of thiophene rings is 1. The van der Waals surface area contributed by atoms with Gasteiger partial charge in [-0.2, -0.15) is 5.26 Å². The fraction of sp³-hybridized carbons (Fsp3) is 0.269. The average molecular weight is 442 g/mol. The summed E-state index contributed by atoms with van der Waals surface area (Å²) in [4.78, 5) is 29.8. The lowest BCUT2D eigenvalue weighted by molar-refractivity contribution is -0.125. The first kappa shape index (κ1) is 20.5. The van der Waals surface area contributed by atoms with Crippen LogP contribution in [0.1, 0.15) is 46.1 Å². The van der Waals surface area contributed by atoms with Crippen molar-refractivity contribution < 1.29 is 9.59 Å². The van der Waals surface area contributed by atoms with Crippen molar-refractivity contribution in [3.63, 3.8) is 0 Å². The Balaban J connectivity index is 1.47. The smallest absolute Gasteiger partial charge is 0.257 e. The van der Waals surface area contributed by atoms with Crippen LogP contribution >= 0.6 is 11.3 Å². The number of anilines is 1. The van der Waals surface area contributed by atoms with Crippen LogP contribution in [-0.2, 0) is 17.6 Å². The monoisotopic (exact) mass is 441 g/mol. The van der Waals surface area contributed by atoms with Gasteiger partial charge in [0.25, 0.3) is 11.8 Å². The lowest BCUT2D eigenvalue weighted by atomic mass is 9.86. The molecular weight excluding hydrogens is 418 g/mol. The molecule has 0 spiro atoms. The molecule has 5 nitrogen and oxygen atoms in total. The van der Waals surface area contributed by atoms with Crippen LogP contribution in [-0.4, -0.2) is 28.8 Å². The number of fused-ring (bicyclic) bond motifs is 2. The molecule has 0 aliphatic carbocycles. The number of nitrogens with one attached hydrogen (secondary N) is 1. The lowest BCUT2D eigenvalue weighted by Gasteiger charge is -2.35. The molecule has 2 amide bonds. The summed E-state index contributed by atoms with van der Waals surface area (Å²) < 4.78 is 0. The van der Waals surface area contributed by atoms with Gasteiger partial charge in [-0.3, -0.25) is 9.59 Å². The van der Waals surface area contributed by atoms with Crippen molar-refractivity contribution in [1.29, 1.82) is 5.26 Å². The van der Waals surface area contributed by atoms with Crippen LogP contribution in [0.15, 0.2) is 54.6 Å². The fourth-order valence-corrected chi connectivity index (χ4v) is 5.86. The molecule has 3 aromatic rings. The molecule has 0 saturated carbocycles. The summed E-state index contributed by atoms with van der Waals surface area (Å²) in [7, 11) is 0. The molecule has 2 aromatic carbocycles. The summed E-state index contributed by atoms with van der Waals surface area (Å²) in [6.07, 6.45) is 2.78.